The molecule has 0 spiro atoms. The quantitative estimate of drug-likeness (QED) is 0.683. The van der Waals surface area contributed by atoms with Gasteiger partial charge in [-0.15, -0.1) is 0 Å². The number of benzene rings is 3. The molecule has 6 heteroatoms. The number of amides is 1. The first-order chi connectivity index (χ1) is 13.6. The van der Waals surface area contributed by atoms with E-state index in [9.17, 15) is 4.79 Å². The maximum absolute atomic E-state index is 12.1. The Morgan fingerprint density at radius 1 is 0.929 bits per heavy atom. The Hall–Kier alpha value is -3.80. The summed E-state index contributed by atoms with van der Waals surface area (Å²) in [5.74, 6) is 0.147. The van der Waals surface area contributed by atoms with Gasteiger partial charge >= 0.3 is 0 Å². The Morgan fingerprint density at radius 2 is 1.57 bits per heavy atom. The van der Waals surface area contributed by atoms with Gasteiger partial charge in [0.05, 0.1) is 22.9 Å². The number of hydrogen-bond acceptors (Lipinski definition) is 4. The average molecular weight is 388 g/mol. The van der Waals surface area contributed by atoms with Crippen LogP contribution in [0.15, 0.2) is 66.7 Å². The molecule has 28 heavy (non-hydrogen) atoms. The van der Waals surface area contributed by atoms with E-state index in [1.54, 1.807) is 36.4 Å². The molecule has 136 valence electrons. The normalized spacial score (nSPS) is 9.82. The molecule has 3 rings (SSSR count). The van der Waals surface area contributed by atoms with E-state index >= 15 is 0 Å². The summed E-state index contributed by atoms with van der Waals surface area (Å²) in [5, 5.41) is 21.0. The Bertz CT molecular complexity index is 1080. The summed E-state index contributed by atoms with van der Waals surface area (Å²) >= 11 is 5.90. The largest absolute Gasteiger partial charge is 0.484 e. The van der Waals surface area contributed by atoms with Gasteiger partial charge in [0.2, 0.25) is 0 Å². The van der Waals surface area contributed by atoms with Crippen LogP contribution in [-0.2, 0) is 4.79 Å². The number of rotatable bonds is 5. The summed E-state index contributed by atoms with van der Waals surface area (Å²) in [5.41, 5.74) is 3.23. The maximum Gasteiger partial charge on any atom is 0.262 e. The molecule has 0 bridgehead atoms. The molecule has 1 N–H and O–H groups in total. The van der Waals surface area contributed by atoms with Crippen LogP contribution >= 0.6 is 11.6 Å². The third-order valence-electron chi connectivity index (χ3n) is 3.95. The number of hydrogen-bond donors (Lipinski definition) is 1. The molecule has 1 amide bonds. The highest BCUT2D eigenvalue weighted by atomic mass is 35.5. The van der Waals surface area contributed by atoms with Crippen molar-refractivity contribution in [3.63, 3.8) is 0 Å². The van der Waals surface area contributed by atoms with Gasteiger partial charge in [-0.2, -0.15) is 10.5 Å². The second-order valence-corrected chi connectivity index (χ2v) is 6.29. The van der Waals surface area contributed by atoms with Crippen LogP contribution in [0.2, 0.25) is 5.02 Å². The van der Waals surface area contributed by atoms with Crippen LogP contribution in [0.3, 0.4) is 0 Å². The fraction of sp³-hybridized carbons (Fsp3) is 0.0455. The molecule has 0 fully saturated rings. The zero-order chi connectivity index (χ0) is 19.9. The molecule has 0 saturated heterocycles. The standard InChI is InChI=1S/C22H14ClN3O2/c23-19-8-5-18(13-25)21(11-19)26-22(27)14-28-20-9-6-17(7-10-20)16-3-1-15(12-24)2-4-16/h1-11H,14H2,(H,26,27). The lowest BCUT2D eigenvalue weighted by Crippen LogP contribution is -2.20. The zero-order valence-corrected chi connectivity index (χ0v) is 15.4. The summed E-state index contributed by atoms with van der Waals surface area (Å²) in [4.78, 5) is 12.1. The molecular formula is C22H14ClN3O2. The summed E-state index contributed by atoms with van der Waals surface area (Å²) in [6, 6.07) is 23.3. The first kappa shape index (κ1) is 19.0. The SMILES string of the molecule is N#Cc1ccc(-c2ccc(OCC(=O)Nc3cc(Cl)ccc3C#N)cc2)cc1. The molecule has 0 aliphatic heterocycles. The lowest BCUT2D eigenvalue weighted by Gasteiger charge is -2.10. The van der Waals surface area contributed by atoms with Gasteiger partial charge in [0, 0.05) is 5.02 Å². The smallest absolute Gasteiger partial charge is 0.262 e. The van der Waals surface area contributed by atoms with E-state index in [1.807, 2.05) is 30.3 Å². The van der Waals surface area contributed by atoms with Gasteiger partial charge in [0.15, 0.2) is 6.61 Å². The van der Waals surface area contributed by atoms with Gasteiger partial charge in [-0.05, 0) is 53.6 Å². The number of nitrogens with one attached hydrogen (secondary N) is 1. The summed E-state index contributed by atoms with van der Waals surface area (Å²) < 4.78 is 5.50. The van der Waals surface area contributed by atoms with Crippen LogP contribution in [0, 0.1) is 22.7 Å². The van der Waals surface area contributed by atoms with E-state index in [0.29, 0.717) is 27.6 Å². The number of carbonyl (C=O) groups excluding carboxylic acids is 1. The third-order valence-corrected chi connectivity index (χ3v) is 4.18. The monoisotopic (exact) mass is 387 g/mol. The van der Waals surface area contributed by atoms with Crippen molar-refractivity contribution in [2.24, 2.45) is 0 Å². The van der Waals surface area contributed by atoms with Crippen molar-refractivity contribution < 1.29 is 9.53 Å². The highest BCUT2D eigenvalue weighted by Crippen LogP contribution is 2.23. The highest BCUT2D eigenvalue weighted by Gasteiger charge is 2.09. The van der Waals surface area contributed by atoms with Crippen molar-refractivity contribution in [2.75, 3.05) is 11.9 Å². The Morgan fingerprint density at radius 3 is 2.18 bits per heavy atom. The molecule has 0 heterocycles. The van der Waals surface area contributed by atoms with E-state index in [2.05, 4.69) is 11.4 Å². The molecule has 0 radical (unpaired) electrons. The minimum atomic E-state index is -0.394. The summed E-state index contributed by atoms with van der Waals surface area (Å²) in [6.45, 7) is -0.201. The predicted octanol–water partition coefficient (Wildman–Crippen LogP) is 4.77. The van der Waals surface area contributed by atoms with Gasteiger partial charge in [0.1, 0.15) is 11.8 Å². The van der Waals surface area contributed by atoms with Gasteiger partial charge in [-0.3, -0.25) is 4.79 Å². The lowest BCUT2D eigenvalue weighted by molar-refractivity contribution is -0.118. The van der Waals surface area contributed by atoms with Crippen LogP contribution in [0.4, 0.5) is 5.69 Å². The highest BCUT2D eigenvalue weighted by molar-refractivity contribution is 6.31. The topological polar surface area (TPSA) is 85.9 Å². The molecule has 0 aliphatic rings. The number of halogens is 1. The fourth-order valence-corrected chi connectivity index (χ4v) is 2.71. The van der Waals surface area contributed by atoms with Crippen molar-refractivity contribution in [3.8, 4) is 29.0 Å². The minimum absolute atomic E-state index is 0.201. The van der Waals surface area contributed by atoms with Crippen LogP contribution in [0.5, 0.6) is 5.75 Å². The molecule has 0 unspecified atom stereocenters. The number of nitriles is 2. The van der Waals surface area contributed by atoms with E-state index in [1.165, 1.54) is 6.07 Å². The first-order valence-corrected chi connectivity index (χ1v) is 8.70. The maximum atomic E-state index is 12.1. The van der Waals surface area contributed by atoms with Gasteiger partial charge < -0.3 is 10.1 Å². The second-order valence-electron chi connectivity index (χ2n) is 5.85. The van der Waals surface area contributed by atoms with Crippen molar-refractivity contribution in [3.05, 3.63) is 82.9 Å². The number of carbonyl (C=O) groups is 1. The van der Waals surface area contributed by atoms with E-state index in [4.69, 9.17) is 26.9 Å². The molecule has 0 aliphatic carbocycles. The van der Waals surface area contributed by atoms with Crippen molar-refractivity contribution in [1.29, 1.82) is 10.5 Å². The second kappa shape index (κ2) is 8.73. The molecule has 0 saturated carbocycles. The third kappa shape index (κ3) is 4.67. The Kier molecular flexibility index (Phi) is 5.91. The minimum Gasteiger partial charge on any atom is -0.484 e. The van der Waals surface area contributed by atoms with Crippen molar-refractivity contribution in [2.45, 2.75) is 0 Å². The van der Waals surface area contributed by atoms with Crippen LogP contribution < -0.4 is 10.1 Å². The lowest BCUT2D eigenvalue weighted by atomic mass is 10.0. The van der Waals surface area contributed by atoms with Gasteiger partial charge in [-0.1, -0.05) is 35.9 Å². The summed E-state index contributed by atoms with van der Waals surface area (Å²) in [6.07, 6.45) is 0. The summed E-state index contributed by atoms with van der Waals surface area (Å²) in [7, 11) is 0. The number of ether oxygens (including phenoxy) is 1. The zero-order valence-electron chi connectivity index (χ0n) is 14.6. The molecule has 5 nitrogen and oxygen atoms in total. The first-order valence-electron chi connectivity index (χ1n) is 8.32. The Balaban J connectivity index is 1.60. The fourth-order valence-electron chi connectivity index (χ4n) is 2.53. The number of nitrogens with zero attached hydrogens (tertiary/aromatic N) is 2. The molecule has 0 atom stereocenters. The molecular weight excluding hydrogens is 374 g/mol. The van der Waals surface area contributed by atoms with Gasteiger partial charge in [-0.25, -0.2) is 0 Å². The van der Waals surface area contributed by atoms with E-state index in [0.717, 1.165) is 11.1 Å². The average Bonchev–Trinajstić information content (AvgIpc) is 2.73. The van der Waals surface area contributed by atoms with E-state index < -0.39 is 5.91 Å². The van der Waals surface area contributed by atoms with Gasteiger partial charge in [0.25, 0.3) is 5.91 Å². The molecule has 0 aromatic heterocycles. The predicted molar refractivity (Wildman–Crippen MR) is 107 cm³/mol. The van der Waals surface area contributed by atoms with Crippen molar-refractivity contribution >= 4 is 23.2 Å². The van der Waals surface area contributed by atoms with Crippen LogP contribution in [-0.4, -0.2) is 12.5 Å². The molecule has 3 aromatic rings. The van der Waals surface area contributed by atoms with Crippen LogP contribution in [0.25, 0.3) is 11.1 Å². The van der Waals surface area contributed by atoms with Crippen molar-refractivity contribution in [1.82, 2.24) is 0 Å². The molecule has 3 aromatic carbocycles. The number of anilines is 1. The van der Waals surface area contributed by atoms with E-state index in [-0.39, 0.29) is 6.61 Å². The van der Waals surface area contributed by atoms with Crippen LogP contribution in [0.1, 0.15) is 11.1 Å². The Labute approximate surface area is 167 Å².